The first-order valence-electron chi connectivity index (χ1n) is 12.8. The fourth-order valence-corrected chi connectivity index (χ4v) is 4.43. The van der Waals surface area contributed by atoms with Crippen LogP contribution in [-0.4, -0.2) is 46.7 Å². The number of benzene rings is 3. The third-order valence-corrected chi connectivity index (χ3v) is 6.56. The lowest BCUT2D eigenvalue weighted by Gasteiger charge is -2.27. The number of halogens is 4. The summed E-state index contributed by atoms with van der Waals surface area (Å²) in [6.07, 6.45) is 5.73. The van der Waals surface area contributed by atoms with Crippen molar-refractivity contribution in [3.8, 4) is 5.75 Å². The molecule has 3 aromatic rings. The van der Waals surface area contributed by atoms with E-state index in [0.29, 0.717) is 17.9 Å². The zero-order chi connectivity index (χ0) is 29.8. The molecule has 41 heavy (non-hydrogen) atoms. The van der Waals surface area contributed by atoms with Crippen molar-refractivity contribution in [3.05, 3.63) is 124 Å². The maximum absolute atomic E-state index is 13.4. The largest absolute Gasteiger partial charge is 0.478 e. The van der Waals surface area contributed by atoms with Crippen molar-refractivity contribution in [1.29, 1.82) is 0 Å². The highest BCUT2D eigenvalue weighted by atomic mass is 35.5. The van der Waals surface area contributed by atoms with Crippen LogP contribution in [0, 0.1) is 17.5 Å². The summed E-state index contributed by atoms with van der Waals surface area (Å²) in [7, 11) is 0. The summed E-state index contributed by atoms with van der Waals surface area (Å²) >= 11 is 5.82. The van der Waals surface area contributed by atoms with Crippen molar-refractivity contribution in [2.75, 3.05) is 19.6 Å². The SMILES string of the molecule is Fc1ccc(C(CCCN2CC=C(Oc3ccc(F)c(Cl)c3)CC2)c2ccc(F)cc2)cc1.O=C(O)/C=C/C(=O)O. The molecule has 1 aliphatic heterocycles. The molecule has 0 amide bonds. The highest BCUT2D eigenvalue weighted by Crippen LogP contribution is 2.30. The van der Waals surface area contributed by atoms with Gasteiger partial charge in [0.05, 0.1) is 5.02 Å². The van der Waals surface area contributed by atoms with Gasteiger partial charge >= 0.3 is 11.9 Å². The van der Waals surface area contributed by atoms with Crippen LogP contribution in [0.25, 0.3) is 0 Å². The minimum absolute atomic E-state index is 0.0439. The Kier molecular flexibility index (Phi) is 12.0. The van der Waals surface area contributed by atoms with E-state index >= 15 is 0 Å². The smallest absolute Gasteiger partial charge is 0.328 e. The first-order chi connectivity index (χ1) is 19.6. The molecule has 3 aromatic carbocycles. The van der Waals surface area contributed by atoms with Crippen LogP contribution < -0.4 is 4.74 Å². The lowest BCUT2D eigenvalue weighted by Crippen LogP contribution is -2.30. The minimum Gasteiger partial charge on any atom is -0.478 e. The molecule has 0 bridgehead atoms. The highest BCUT2D eigenvalue weighted by molar-refractivity contribution is 6.30. The van der Waals surface area contributed by atoms with Gasteiger partial charge in [-0.05, 0) is 73.0 Å². The van der Waals surface area contributed by atoms with Crippen LogP contribution in [-0.2, 0) is 9.59 Å². The average Bonchev–Trinajstić information content (AvgIpc) is 2.95. The van der Waals surface area contributed by atoms with E-state index in [9.17, 15) is 22.8 Å². The van der Waals surface area contributed by atoms with Gasteiger partial charge in [0.25, 0.3) is 0 Å². The van der Waals surface area contributed by atoms with Crippen molar-refractivity contribution < 1.29 is 37.7 Å². The number of hydrogen-bond donors (Lipinski definition) is 2. The molecule has 0 aliphatic carbocycles. The molecular weight excluding hydrogens is 559 g/mol. The summed E-state index contributed by atoms with van der Waals surface area (Å²) in [6.45, 7) is 2.53. The van der Waals surface area contributed by atoms with Crippen LogP contribution in [0.2, 0.25) is 5.02 Å². The van der Waals surface area contributed by atoms with Gasteiger partial charge in [0.1, 0.15) is 29.0 Å². The van der Waals surface area contributed by atoms with Gasteiger partial charge in [-0.2, -0.15) is 0 Å². The molecule has 0 aromatic heterocycles. The van der Waals surface area contributed by atoms with E-state index in [-0.39, 0.29) is 22.6 Å². The van der Waals surface area contributed by atoms with E-state index in [1.54, 1.807) is 30.3 Å². The number of aliphatic carboxylic acids is 2. The third kappa shape index (κ3) is 10.8. The Morgan fingerprint density at radius 2 is 1.46 bits per heavy atom. The Morgan fingerprint density at radius 1 is 0.902 bits per heavy atom. The predicted octanol–water partition coefficient (Wildman–Crippen LogP) is 7.05. The predicted molar refractivity (Wildman–Crippen MR) is 149 cm³/mol. The van der Waals surface area contributed by atoms with E-state index in [2.05, 4.69) is 4.90 Å². The summed E-state index contributed by atoms with van der Waals surface area (Å²) in [6, 6.07) is 17.4. The van der Waals surface area contributed by atoms with Gasteiger partial charge in [-0.3, -0.25) is 4.90 Å². The number of carboxylic acids is 2. The first kappa shape index (κ1) is 31.4. The standard InChI is InChI=1S/C27H25ClF3NO.C4H4O4/c28-26-18-24(11-12-27(26)31)33-23-13-16-32(17-14-23)15-1-2-25(19-3-7-21(29)8-4-19)20-5-9-22(30)10-6-20;5-3(6)1-2-4(7)8/h3-13,18,25H,1-2,14-17H2;1-2H,(H,5,6)(H,7,8)/b;2-1+. The average molecular weight is 588 g/mol. The number of hydrogen-bond acceptors (Lipinski definition) is 4. The zero-order valence-electron chi connectivity index (χ0n) is 22.0. The molecule has 2 N–H and O–H groups in total. The van der Waals surface area contributed by atoms with Crippen molar-refractivity contribution in [2.45, 2.75) is 25.2 Å². The lowest BCUT2D eigenvalue weighted by molar-refractivity contribution is -0.134. The Labute approximate surface area is 240 Å². The molecule has 0 fully saturated rings. The van der Waals surface area contributed by atoms with Gasteiger partial charge in [-0.25, -0.2) is 22.8 Å². The molecule has 4 rings (SSSR count). The summed E-state index contributed by atoms with van der Waals surface area (Å²) in [5.41, 5.74) is 2.05. The van der Waals surface area contributed by atoms with Gasteiger partial charge in [0, 0.05) is 43.6 Å². The Hall–Kier alpha value is -4.08. The molecule has 216 valence electrons. The van der Waals surface area contributed by atoms with Crippen molar-refractivity contribution in [2.24, 2.45) is 0 Å². The van der Waals surface area contributed by atoms with Crippen molar-refractivity contribution in [3.63, 3.8) is 0 Å². The monoisotopic (exact) mass is 587 g/mol. The molecule has 0 unspecified atom stereocenters. The Balaban J connectivity index is 0.000000507. The topological polar surface area (TPSA) is 87.1 Å². The fourth-order valence-electron chi connectivity index (χ4n) is 4.26. The summed E-state index contributed by atoms with van der Waals surface area (Å²) in [4.78, 5) is 21.5. The number of ether oxygens (including phenoxy) is 1. The normalized spacial score (nSPS) is 13.4. The van der Waals surface area contributed by atoms with Crippen LogP contribution in [0.4, 0.5) is 13.2 Å². The second kappa shape index (κ2) is 15.6. The molecule has 0 saturated carbocycles. The quantitative estimate of drug-likeness (QED) is 0.247. The summed E-state index contributed by atoms with van der Waals surface area (Å²) < 4.78 is 46.0. The van der Waals surface area contributed by atoms with Gasteiger partial charge < -0.3 is 14.9 Å². The second-order valence-corrected chi connectivity index (χ2v) is 9.61. The van der Waals surface area contributed by atoms with E-state index in [4.69, 9.17) is 26.6 Å². The van der Waals surface area contributed by atoms with Crippen LogP contribution in [0.3, 0.4) is 0 Å². The third-order valence-electron chi connectivity index (χ3n) is 6.27. The van der Waals surface area contributed by atoms with Gasteiger partial charge in [-0.1, -0.05) is 35.9 Å². The van der Waals surface area contributed by atoms with E-state index in [1.807, 2.05) is 6.08 Å². The maximum Gasteiger partial charge on any atom is 0.328 e. The molecule has 0 saturated heterocycles. The number of carbonyl (C=O) groups is 2. The summed E-state index contributed by atoms with van der Waals surface area (Å²) in [5.74, 6) is -2.05. The molecule has 1 heterocycles. The first-order valence-corrected chi connectivity index (χ1v) is 13.2. The fraction of sp³-hybridized carbons (Fsp3) is 0.226. The minimum atomic E-state index is -1.26. The van der Waals surface area contributed by atoms with Gasteiger partial charge in [0.2, 0.25) is 0 Å². The van der Waals surface area contributed by atoms with Crippen molar-refractivity contribution >= 4 is 23.5 Å². The Bertz CT molecular complexity index is 1320. The zero-order valence-corrected chi connectivity index (χ0v) is 22.7. The summed E-state index contributed by atoms with van der Waals surface area (Å²) in [5, 5.41) is 15.7. The maximum atomic E-state index is 13.4. The van der Waals surface area contributed by atoms with E-state index in [1.165, 1.54) is 36.4 Å². The van der Waals surface area contributed by atoms with Crippen LogP contribution in [0.15, 0.2) is 90.7 Å². The van der Waals surface area contributed by atoms with Gasteiger partial charge in [-0.15, -0.1) is 0 Å². The van der Waals surface area contributed by atoms with Crippen LogP contribution in [0.5, 0.6) is 5.75 Å². The molecule has 0 radical (unpaired) electrons. The van der Waals surface area contributed by atoms with Crippen molar-refractivity contribution in [1.82, 2.24) is 4.90 Å². The highest BCUT2D eigenvalue weighted by Gasteiger charge is 2.17. The molecule has 0 atom stereocenters. The Morgan fingerprint density at radius 3 is 1.93 bits per heavy atom. The lowest BCUT2D eigenvalue weighted by atomic mass is 9.87. The van der Waals surface area contributed by atoms with E-state index in [0.717, 1.165) is 55.8 Å². The number of carboxylic acid groups (broad SMARTS) is 2. The van der Waals surface area contributed by atoms with E-state index < -0.39 is 17.8 Å². The second-order valence-electron chi connectivity index (χ2n) is 9.21. The molecule has 6 nitrogen and oxygen atoms in total. The molecule has 0 spiro atoms. The van der Waals surface area contributed by atoms with Gasteiger partial charge in [0.15, 0.2) is 0 Å². The molecular formula is C31H29ClF3NO5. The molecule has 10 heteroatoms. The molecule has 1 aliphatic rings. The number of rotatable bonds is 10. The van der Waals surface area contributed by atoms with Crippen LogP contribution >= 0.6 is 11.6 Å². The number of nitrogens with zero attached hydrogens (tertiary/aromatic N) is 1. The van der Waals surface area contributed by atoms with Crippen LogP contribution in [0.1, 0.15) is 36.3 Å².